The summed E-state index contributed by atoms with van der Waals surface area (Å²) in [5.41, 5.74) is 1.15. The number of hydrogen-bond acceptors (Lipinski definition) is 12. The lowest BCUT2D eigenvalue weighted by Gasteiger charge is -2.31. The molecule has 0 radical (unpaired) electrons. The number of halogens is 1. The van der Waals surface area contributed by atoms with E-state index >= 15 is 4.39 Å². The third-order valence-corrected chi connectivity index (χ3v) is 9.97. The second-order valence-electron chi connectivity index (χ2n) is 10.7. The average molecular weight is 637 g/mol. The van der Waals surface area contributed by atoms with Crippen molar-refractivity contribution in [1.82, 2.24) is 19.7 Å². The molecule has 1 unspecified atom stereocenters. The Hall–Kier alpha value is -2.93. The smallest absolute Gasteiger partial charge is 0.395 e. The number of benzene rings is 1. The summed E-state index contributed by atoms with van der Waals surface area (Å²) < 4.78 is 48.5. The van der Waals surface area contributed by atoms with Gasteiger partial charge >= 0.3 is 7.75 Å². The van der Waals surface area contributed by atoms with Crippen molar-refractivity contribution in [3.05, 3.63) is 60.0 Å². The molecule has 43 heavy (non-hydrogen) atoms. The van der Waals surface area contributed by atoms with Crippen molar-refractivity contribution in [2.75, 3.05) is 31.3 Å². The van der Waals surface area contributed by atoms with E-state index in [4.69, 9.17) is 19.5 Å². The zero-order chi connectivity index (χ0) is 31.5. The number of carbonyl (C=O) groups is 1. The quantitative estimate of drug-likeness (QED) is 0.158. The Morgan fingerprint density at radius 3 is 2.72 bits per heavy atom. The summed E-state index contributed by atoms with van der Waals surface area (Å²) in [5.74, 6) is 0.226. The molecule has 0 amide bonds. The summed E-state index contributed by atoms with van der Waals surface area (Å²) in [6, 6.07) is 13.5. The van der Waals surface area contributed by atoms with Crippen molar-refractivity contribution in [1.29, 1.82) is 5.26 Å². The van der Waals surface area contributed by atoms with Crippen LogP contribution in [0.1, 0.15) is 32.0 Å². The normalized spacial score (nSPS) is 25.4. The van der Waals surface area contributed by atoms with Gasteiger partial charge in [-0.05, 0) is 38.5 Å². The van der Waals surface area contributed by atoms with Gasteiger partial charge in [0.05, 0.1) is 30.9 Å². The van der Waals surface area contributed by atoms with Gasteiger partial charge in [-0.2, -0.15) is 10.4 Å². The van der Waals surface area contributed by atoms with E-state index in [2.05, 4.69) is 15.2 Å². The van der Waals surface area contributed by atoms with Crippen LogP contribution in [0.3, 0.4) is 0 Å². The number of hydrogen-bond donors (Lipinski definition) is 4. The Labute approximate surface area is 252 Å². The molecular formula is C27H34FN6O7PS. The fourth-order valence-corrected chi connectivity index (χ4v) is 6.72. The number of aliphatic hydroxyl groups is 2. The molecule has 4 rings (SSSR count). The van der Waals surface area contributed by atoms with Gasteiger partial charge in [0.25, 0.3) is 5.67 Å². The molecule has 0 spiro atoms. The Kier molecular flexibility index (Phi) is 9.95. The van der Waals surface area contributed by atoms with E-state index in [9.17, 15) is 24.8 Å². The molecule has 232 valence electrons. The van der Waals surface area contributed by atoms with Crippen molar-refractivity contribution < 1.29 is 37.7 Å². The topological polar surface area (TPSA) is 194 Å². The van der Waals surface area contributed by atoms with Crippen molar-refractivity contribution >= 4 is 36.0 Å². The summed E-state index contributed by atoms with van der Waals surface area (Å²) >= 11 is 0.909. The van der Waals surface area contributed by atoms with Gasteiger partial charge in [0, 0.05) is 12.3 Å². The monoisotopic (exact) mass is 636 g/mol. The molecular weight excluding hydrogens is 602 g/mol. The highest BCUT2D eigenvalue weighted by atomic mass is 32.2. The van der Waals surface area contributed by atoms with Crippen molar-refractivity contribution in [2.24, 2.45) is 5.41 Å². The molecule has 0 bridgehead atoms. The highest BCUT2D eigenvalue weighted by Gasteiger charge is 2.67. The lowest BCUT2D eigenvalue weighted by Crippen LogP contribution is -2.49. The number of nitriles is 1. The van der Waals surface area contributed by atoms with E-state index in [1.807, 2.05) is 6.07 Å². The number of aliphatic hydroxyl groups excluding tert-OH is 2. The number of aromatic nitrogens is 3. The minimum Gasteiger partial charge on any atom is -0.395 e. The molecule has 5 atom stereocenters. The van der Waals surface area contributed by atoms with Crippen LogP contribution in [0.25, 0.3) is 5.52 Å². The number of thioether (sulfide) groups is 1. The Morgan fingerprint density at radius 1 is 1.33 bits per heavy atom. The van der Waals surface area contributed by atoms with Gasteiger partial charge in [0.15, 0.2) is 16.5 Å². The SMILES string of the molecule is CC(C)(CO)C(=O)SCCOP(=O)(NCc1ccccc1)OC[C@H]1O[C@@](C)(c2ccc3c(N)ncnn23)[C@@](F)(C#N)[C@@H]1O. The van der Waals surface area contributed by atoms with Crippen LogP contribution in [0.4, 0.5) is 10.2 Å². The van der Waals surface area contributed by atoms with Gasteiger partial charge in [-0.25, -0.2) is 23.5 Å². The summed E-state index contributed by atoms with van der Waals surface area (Å²) in [6.07, 6.45) is -2.30. The van der Waals surface area contributed by atoms with E-state index in [1.54, 1.807) is 38.1 Å². The van der Waals surface area contributed by atoms with Gasteiger partial charge < -0.3 is 20.7 Å². The van der Waals surface area contributed by atoms with Crippen LogP contribution in [-0.2, 0) is 35.3 Å². The first-order valence-corrected chi connectivity index (χ1v) is 15.8. The molecule has 3 aromatic rings. The van der Waals surface area contributed by atoms with Crippen molar-refractivity contribution in [3.8, 4) is 6.07 Å². The largest absolute Gasteiger partial charge is 0.405 e. The maximum atomic E-state index is 16.3. The van der Waals surface area contributed by atoms with Crippen LogP contribution in [-0.4, -0.2) is 73.4 Å². The molecule has 1 aromatic carbocycles. The highest BCUT2D eigenvalue weighted by Crippen LogP contribution is 2.51. The molecule has 1 fully saturated rings. The van der Waals surface area contributed by atoms with Gasteiger partial charge in [-0.1, -0.05) is 42.1 Å². The fourth-order valence-electron chi connectivity index (χ4n) is 4.49. The summed E-state index contributed by atoms with van der Waals surface area (Å²) in [7, 11) is -4.13. The molecule has 16 heteroatoms. The molecule has 1 aliphatic rings. The van der Waals surface area contributed by atoms with E-state index in [1.165, 1.54) is 29.6 Å². The molecule has 13 nitrogen and oxygen atoms in total. The number of anilines is 1. The third kappa shape index (κ3) is 6.62. The number of nitrogens with zero attached hydrogens (tertiary/aromatic N) is 4. The lowest BCUT2D eigenvalue weighted by atomic mass is 9.82. The number of nitrogen functional groups attached to an aromatic ring is 1. The Morgan fingerprint density at radius 2 is 2.05 bits per heavy atom. The van der Waals surface area contributed by atoms with Crippen LogP contribution >= 0.6 is 19.5 Å². The van der Waals surface area contributed by atoms with Crippen LogP contribution in [0.5, 0.6) is 0 Å². The number of rotatable bonds is 13. The maximum absolute atomic E-state index is 16.3. The molecule has 0 aliphatic carbocycles. The average Bonchev–Trinajstić information content (AvgIpc) is 3.53. The van der Waals surface area contributed by atoms with E-state index in [0.717, 1.165) is 23.7 Å². The molecule has 0 saturated carbocycles. The third-order valence-electron chi connectivity index (χ3n) is 7.23. The van der Waals surface area contributed by atoms with Gasteiger partial charge in [-0.15, -0.1) is 0 Å². The predicted molar refractivity (Wildman–Crippen MR) is 156 cm³/mol. The van der Waals surface area contributed by atoms with Crippen LogP contribution in [0, 0.1) is 16.7 Å². The van der Waals surface area contributed by atoms with Gasteiger partial charge in [-0.3, -0.25) is 13.8 Å². The van der Waals surface area contributed by atoms with Crippen LogP contribution in [0.15, 0.2) is 48.8 Å². The van der Waals surface area contributed by atoms with E-state index in [0.29, 0.717) is 5.52 Å². The predicted octanol–water partition coefficient (Wildman–Crippen LogP) is 2.73. The van der Waals surface area contributed by atoms with E-state index < -0.39 is 43.2 Å². The molecule has 1 saturated heterocycles. The van der Waals surface area contributed by atoms with Crippen molar-refractivity contribution in [2.45, 2.75) is 50.8 Å². The molecule has 3 heterocycles. The Bertz CT molecular complexity index is 1540. The number of carbonyl (C=O) groups excluding carboxylic acids is 1. The summed E-state index contributed by atoms with van der Waals surface area (Å²) in [4.78, 5) is 16.2. The second kappa shape index (κ2) is 13.0. The number of fused-ring (bicyclic) bond motifs is 1. The highest BCUT2D eigenvalue weighted by molar-refractivity contribution is 8.13. The Balaban J connectivity index is 1.51. The number of nitrogens with one attached hydrogen (secondary N) is 1. The molecule has 1 aliphatic heterocycles. The van der Waals surface area contributed by atoms with Crippen molar-refractivity contribution in [3.63, 3.8) is 0 Å². The van der Waals surface area contributed by atoms with E-state index in [-0.39, 0.29) is 42.1 Å². The number of alkyl halides is 1. The zero-order valence-corrected chi connectivity index (χ0v) is 25.6. The second-order valence-corrected chi connectivity index (χ2v) is 13.6. The minimum atomic E-state index is -4.13. The molecule has 2 aromatic heterocycles. The first-order valence-electron chi connectivity index (χ1n) is 13.3. The van der Waals surface area contributed by atoms with Crippen LogP contribution in [0.2, 0.25) is 0 Å². The minimum absolute atomic E-state index is 0.0794. The number of nitrogens with two attached hydrogens (primary N) is 1. The maximum Gasteiger partial charge on any atom is 0.405 e. The fraction of sp³-hybridized carbons (Fsp3) is 0.481. The standard InChI is InChI=1S/C27H34FN6O7PS/c1-25(2,16-35)24(37)43-12-11-39-42(38,33-13-18-7-5-4-6-8-18)40-14-20-22(36)27(28,15-29)26(3,41-20)21-10-9-19-23(30)31-17-32-34(19)21/h4-10,17,20,22,35-36H,11-14,16H2,1-3H3,(H,33,38)(H2,30,31,32)/t20-,22-,26+,27-,42?/m1/s1. The zero-order valence-electron chi connectivity index (χ0n) is 23.8. The van der Waals surface area contributed by atoms with Crippen LogP contribution < -0.4 is 10.8 Å². The number of ether oxygens (including phenoxy) is 1. The lowest BCUT2D eigenvalue weighted by molar-refractivity contribution is -0.119. The molecule has 5 N–H and O–H groups in total. The van der Waals surface area contributed by atoms with Gasteiger partial charge in [0.2, 0.25) is 0 Å². The first kappa shape index (κ1) is 33.0. The first-order chi connectivity index (χ1) is 20.3. The summed E-state index contributed by atoms with van der Waals surface area (Å²) in [6.45, 7) is 3.45. The van der Waals surface area contributed by atoms with Gasteiger partial charge in [0.1, 0.15) is 30.1 Å². The summed E-state index contributed by atoms with van der Waals surface area (Å²) in [5, 5.41) is 36.8.